The van der Waals surface area contributed by atoms with Crippen molar-refractivity contribution < 1.29 is 45.8 Å². The molecule has 1 amide bonds. The zero-order valence-corrected chi connectivity index (χ0v) is 14.7. The van der Waals surface area contributed by atoms with Gasteiger partial charge in [-0.15, -0.1) is 5.56 Å². The van der Waals surface area contributed by atoms with Crippen LogP contribution in [-0.4, -0.2) is 23.5 Å². The Morgan fingerprint density at radius 2 is 1.94 bits per heavy atom. The Kier molecular flexibility index (Phi) is 11.0. The number of hydrogen-bond donors (Lipinski definition) is 2. The van der Waals surface area contributed by atoms with Gasteiger partial charge in [-0.25, -0.2) is 0 Å². The van der Waals surface area contributed by atoms with Gasteiger partial charge in [-0.3, -0.25) is 9.59 Å². The second-order valence-electron chi connectivity index (χ2n) is 3.63. The van der Waals surface area contributed by atoms with Gasteiger partial charge in [0.2, 0.25) is 5.91 Å². The van der Waals surface area contributed by atoms with Crippen LogP contribution in [0.15, 0.2) is 24.3 Å². The van der Waals surface area contributed by atoms with Gasteiger partial charge in [-0.2, -0.15) is 30.3 Å². The van der Waals surface area contributed by atoms with E-state index in [1.54, 1.807) is 31.2 Å². The molecule has 0 aliphatic carbocycles. The van der Waals surface area contributed by atoms with Crippen molar-refractivity contribution in [2.45, 2.75) is 13.3 Å². The maximum atomic E-state index is 11.4. The molecule has 0 aromatic heterocycles. The molecular weight excluding hydrogens is 456 g/mol. The zero-order valence-electron chi connectivity index (χ0n) is 10.6. The molecule has 0 aliphatic rings. The van der Waals surface area contributed by atoms with Crippen LogP contribution in [0.1, 0.15) is 12.5 Å². The molecule has 0 aliphatic heterocycles. The smallest absolute Gasteiger partial charge is 0.481 e. The van der Waals surface area contributed by atoms with Gasteiger partial charge in [0.05, 0.1) is 5.92 Å². The van der Waals surface area contributed by atoms with E-state index in [0.29, 0.717) is 0 Å². The van der Waals surface area contributed by atoms with Crippen LogP contribution >= 0.6 is 0 Å². The summed E-state index contributed by atoms with van der Waals surface area (Å²) in [6.07, 6.45) is 0.265. The number of amides is 1. The molecule has 1 atom stereocenters. The number of carbonyl (C=O) groups is 2. The van der Waals surface area contributed by atoms with Gasteiger partial charge in [0.25, 0.3) is 0 Å². The Balaban J connectivity index is 0. The number of carboxylic acids is 1. The van der Waals surface area contributed by atoms with Crippen molar-refractivity contribution in [1.82, 2.24) is 5.32 Å². The Labute approximate surface area is 132 Å². The van der Waals surface area contributed by atoms with Crippen LogP contribution in [0.3, 0.4) is 0 Å². The van der Waals surface area contributed by atoms with E-state index in [1.165, 1.54) is 0 Å². The minimum Gasteiger partial charge on any atom is -0.481 e. The molecule has 1 aromatic rings. The first-order valence-corrected chi connectivity index (χ1v) is 5.04. The maximum Gasteiger partial charge on any atom is 2.00 e. The molecule has 1 rings (SSSR count). The van der Waals surface area contributed by atoms with Gasteiger partial charge in [0.1, 0.15) is 0 Å². The first-order chi connectivity index (χ1) is 7.59. The maximum absolute atomic E-state index is 11.4. The van der Waals surface area contributed by atoms with Gasteiger partial charge in [0, 0.05) is 13.0 Å². The molecule has 5 heteroatoms. The minimum absolute atomic E-state index is 0. The van der Waals surface area contributed by atoms with E-state index in [9.17, 15) is 9.59 Å². The second-order valence-corrected chi connectivity index (χ2v) is 3.63. The summed E-state index contributed by atoms with van der Waals surface area (Å²) in [7, 11) is 0. The van der Waals surface area contributed by atoms with E-state index in [1.807, 2.05) is 0 Å². The molecule has 0 heterocycles. The van der Waals surface area contributed by atoms with Crippen molar-refractivity contribution in [3.63, 3.8) is 0 Å². The van der Waals surface area contributed by atoms with Crippen molar-refractivity contribution in [2.24, 2.45) is 5.92 Å². The number of rotatable bonds is 5. The number of nitrogens with one attached hydrogen (secondary N) is 1. The Bertz CT molecular complexity index is 368. The van der Waals surface area contributed by atoms with E-state index in [4.69, 9.17) is 5.11 Å². The van der Waals surface area contributed by atoms with Crippen molar-refractivity contribution in [3.8, 4) is 0 Å². The van der Waals surface area contributed by atoms with Gasteiger partial charge in [-0.1, -0.05) is 6.92 Å². The Hall–Kier alpha value is -0.788. The molecule has 1 aromatic carbocycles. The van der Waals surface area contributed by atoms with Crippen molar-refractivity contribution >= 4 is 11.9 Å². The number of aliphatic carboxylic acids is 1. The van der Waals surface area contributed by atoms with Crippen LogP contribution < -0.4 is 5.32 Å². The van der Waals surface area contributed by atoms with E-state index >= 15 is 0 Å². The zero-order chi connectivity index (χ0) is 12.0. The predicted molar refractivity (Wildman–Crippen MR) is 65.2 cm³/mol. The van der Waals surface area contributed by atoms with E-state index in [-0.39, 0.29) is 57.4 Å². The van der Waals surface area contributed by atoms with Crippen LogP contribution in [0, 0.1) is 50.5 Å². The standard InChI is InChI=1S/C12H14NO3.CH3.U/c1-9(12(15)16)8-13-11(14)7-10-5-3-2-4-6-10;;/h3-6,9H,7-8H2,1H3,(H,13,14)(H,15,16);1H3;/q2*-1;+2. The number of carbonyl (C=O) groups excluding carboxylic acids is 1. The van der Waals surface area contributed by atoms with Gasteiger partial charge in [0.15, 0.2) is 0 Å². The Morgan fingerprint density at radius 1 is 1.39 bits per heavy atom. The fourth-order valence-electron chi connectivity index (χ4n) is 1.14. The molecule has 2 N–H and O–H groups in total. The average Bonchev–Trinajstić information content (AvgIpc) is 2.27. The van der Waals surface area contributed by atoms with Crippen LogP contribution in [-0.2, 0) is 16.0 Å². The van der Waals surface area contributed by atoms with Crippen LogP contribution in [0.5, 0.6) is 0 Å². The molecular formula is C13H17NO3U. The predicted octanol–water partition coefficient (Wildman–Crippen LogP) is 1.32. The fraction of sp³-hybridized carbons (Fsp3) is 0.308. The first-order valence-electron chi connectivity index (χ1n) is 5.04. The van der Waals surface area contributed by atoms with Gasteiger partial charge in [-0.05, 0) is 0 Å². The summed E-state index contributed by atoms with van der Waals surface area (Å²) in [5.41, 5.74) is 0.888. The quantitative estimate of drug-likeness (QED) is 0.635. The third kappa shape index (κ3) is 7.52. The Morgan fingerprint density at radius 3 is 2.44 bits per heavy atom. The molecule has 96 valence electrons. The van der Waals surface area contributed by atoms with Crippen LogP contribution in [0.4, 0.5) is 0 Å². The number of benzene rings is 1. The molecule has 0 saturated carbocycles. The molecule has 0 fully saturated rings. The minimum atomic E-state index is -0.908. The summed E-state index contributed by atoms with van der Waals surface area (Å²) in [5, 5.41) is 11.2. The molecule has 0 bridgehead atoms. The van der Waals surface area contributed by atoms with E-state index in [0.717, 1.165) is 5.56 Å². The van der Waals surface area contributed by atoms with Crippen LogP contribution in [0.25, 0.3) is 0 Å². The van der Waals surface area contributed by atoms with Crippen molar-refractivity contribution in [2.75, 3.05) is 6.54 Å². The van der Waals surface area contributed by atoms with Crippen molar-refractivity contribution in [3.05, 3.63) is 43.3 Å². The molecule has 0 radical (unpaired) electrons. The summed E-state index contributed by atoms with van der Waals surface area (Å²) in [6, 6.07) is 9.95. The largest absolute Gasteiger partial charge is 2.00 e. The first kappa shape index (κ1) is 19.5. The van der Waals surface area contributed by atoms with Crippen molar-refractivity contribution in [1.29, 1.82) is 0 Å². The van der Waals surface area contributed by atoms with Gasteiger partial charge >= 0.3 is 37.1 Å². The molecule has 4 nitrogen and oxygen atoms in total. The second kappa shape index (κ2) is 10.2. The normalized spacial score (nSPS) is 10.5. The average molecular weight is 473 g/mol. The third-order valence-corrected chi connectivity index (χ3v) is 2.18. The summed E-state index contributed by atoms with van der Waals surface area (Å²) in [6.45, 7) is 1.72. The molecule has 18 heavy (non-hydrogen) atoms. The summed E-state index contributed by atoms with van der Waals surface area (Å²) >= 11 is 0. The molecule has 0 saturated heterocycles. The van der Waals surface area contributed by atoms with E-state index in [2.05, 4.69) is 11.4 Å². The topological polar surface area (TPSA) is 66.4 Å². The molecule has 1 unspecified atom stereocenters. The monoisotopic (exact) mass is 473 g/mol. The molecule has 0 spiro atoms. The van der Waals surface area contributed by atoms with E-state index < -0.39 is 11.9 Å². The SMILES string of the molecule is CC(CNC(=O)Cc1cc[c-]cc1)C(=O)O.[CH3-].[U+2]. The number of hydrogen-bond acceptors (Lipinski definition) is 2. The van der Waals surface area contributed by atoms with Gasteiger partial charge < -0.3 is 17.8 Å². The summed E-state index contributed by atoms with van der Waals surface area (Å²) in [4.78, 5) is 21.9. The summed E-state index contributed by atoms with van der Waals surface area (Å²) < 4.78 is 0. The summed E-state index contributed by atoms with van der Waals surface area (Å²) in [5.74, 6) is -1.64. The fourth-order valence-corrected chi connectivity index (χ4v) is 1.14. The van der Waals surface area contributed by atoms with Crippen LogP contribution in [0.2, 0.25) is 0 Å². The third-order valence-electron chi connectivity index (χ3n) is 2.18. The number of carboxylic acid groups (broad SMARTS) is 1.